The summed E-state index contributed by atoms with van der Waals surface area (Å²) in [5, 5.41) is 14.0. The maximum absolute atomic E-state index is 10.6. The lowest BCUT2D eigenvalue weighted by Gasteiger charge is -2.16. The van der Waals surface area contributed by atoms with Crippen molar-refractivity contribution in [2.75, 3.05) is 7.05 Å². The van der Waals surface area contributed by atoms with Crippen molar-refractivity contribution < 1.29 is 4.92 Å². The van der Waals surface area contributed by atoms with Crippen LogP contribution in [-0.4, -0.2) is 18.0 Å². The molecule has 21 heavy (non-hydrogen) atoms. The van der Waals surface area contributed by atoms with Crippen LogP contribution in [0.3, 0.4) is 0 Å². The zero-order valence-electron chi connectivity index (χ0n) is 12.2. The molecular formula is C17H20N2O2. The van der Waals surface area contributed by atoms with Crippen LogP contribution in [-0.2, 0) is 12.8 Å². The van der Waals surface area contributed by atoms with Crippen LogP contribution < -0.4 is 5.32 Å². The van der Waals surface area contributed by atoms with Gasteiger partial charge < -0.3 is 5.32 Å². The number of hydrogen-bond acceptors (Lipinski definition) is 3. The lowest BCUT2D eigenvalue weighted by Crippen LogP contribution is -2.28. The Bertz CT molecular complexity index is 567. The van der Waals surface area contributed by atoms with Gasteiger partial charge in [-0.2, -0.15) is 0 Å². The van der Waals surface area contributed by atoms with E-state index >= 15 is 0 Å². The Morgan fingerprint density at radius 3 is 2.29 bits per heavy atom. The van der Waals surface area contributed by atoms with Crippen molar-refractivity contribution in [2.45, 2.75) is 25.3 Å². The summed E-state index contributed by atoms with van der Waals surface area (Å²) in [6.07, 6.45) is 2.94. The summed E-state index contributed by atoms with van der Waals surface area (Å²) >= 11 is 0. The van der Waals surface area contributed by atoms with Gasteiger partial charge in [-0.15, -0.1) is 0 Å². The summed E-state index contributed by atoms with van der Waals surface area (Å²) in [5.41, 5.74) is 2.60. The number of nitrogens with one attached hydrogen (secondary N) is 1. The van der Waals surface area contributed by atoms with Crippen molar-refractivity contribution >= 4 is 5.69 Å². The third kappa shape index (κ3) is 4.68. The zero-order chi connectivity index (χ0) is 15.1. The van der Waals surface area contributed by atoms with Crippen LogP contribution in [0.2, 0.25) is 0 Å². The van der Waals surface area contributed by atoms with E-state index in [1.807, 2.05) is 25.2 Å². The van der Waals surface area contributed by atoms with Gasteiger partial charge in [-0.1, -0.05) is 42.5 Å². The SMILES string of the molecule is CNC(CCc1ccccc1)Cc1ccc([N+](=O)[O-])cc1. The molecule has 0 aliphatic rings. The van der Waals surface area contributed by atoms with Crippen molar-refractivity contribution in [3.05, 3.63) is 75.8 Å². The third-order valence-electron chi connectivity index (χ3n) is 3.66. The van der Waals surface area contributed by atoms with Gasteiger partial charge in [-0.25, -0.2) is 0 Å². The molecule has 4 nitrogen and oxygen atoms in total. The number of aryl methyl sites for hydroxylation is 1. The molecule has 0 fully saturated rings. The number of nitro groups is 1. The van der Waals surface area contributed by atoms with Gasteiger partial charge in [0.05, 0.1) is 4.92 Å². The monoisotopic (exact) mass is 284 g/mol. The van der Waals surface area contributed by atoms with Crippen LogP contribution in [0.1, 0.15) is 17.5 Å². The molecular weight excluding hydrogens is 264 g/mol. The smallest absolute Gasteiger partial charge is 0.269 e. The minimum Gasteiger partial charge on any atom is -0.317 e. The zero-order valence-corrected chi connectivity index (χ0v) is 12.2. The van der Waals surface area contributed by atoms with Gasteiger partial charge in [-0.05, 0) is 37.4 Å². The second kappa shape index (κ2) is 7.55. The highest BCUT2D eigenvalue weighted by Gasteiger charge is 2.09. The topological polar surface area (TPSA) is 55.2 Å². The van der Waals surface area contributed by atoms with Crippen molar-refractivity contribution in [2.24, 2.45) is 0 Å². The van der Waals surface area contributed by atoms with Crippen molar-refractivity contribution in [1.29, 1.82) is 0 Å². The van der Waals surface area contributed by atoms with Gasteiger partial charge in [0.1, 0.15) is 0 Å². The van der Waals surface area contributed by atoms with Gasteiger partial charge in [-0.3, -0.25) is 10.1 Å². The lowest BCUT2D eigenvalue weighted by atomic mass is 9.99. The average molecular weight is 284 g/mol. The Balaban J connectivity index is 1.91. The highest BCUT2D eigenvalue weighted by molar-refractivity contribution is 5.33. The summed E-state index contributed by atoms with van der Waals surface area (Å²) in [6, 6.07) is 17.6. The first kappa shape index (κ1) is 15.2. The van der Waals surface area contributed by atoms with Gasteiger partial charge in [0, 0.05) is 18.2 Å². The Kier molecular flexibility index (Phi) is 5.46. The van der Waals surface area contributed by atoms with Crippen LogP contribution in [0.25, 0.3) is 0 Å². The molecule has 1 unspecified atom stereocenters. The number of likely N-dealkylation sites (N-methyl/N-ethyl adjacent to an activating group) is 1. The van der Waals surface area contributed by atoms with Crippen molar-refractivity contribution in [1.82, 2.24) is 5.32 Å². The molecule has 0 saturated carbocycles. The Labute approximate surface area is 125 Å². The maximum atomic E-state index is 10.6. The molecule has 0 aliphatic carbocycles. The number of benzene rings is 2. The number of nitrogens with zero attached hydrogens (tertiary/aromatic N) is 1. The second-order valence-electron chi connectivity index (χ2n) is 5.14. The van der Waals surface area contributed by atoms with E-state index in [4.69, 9.17) is 0 Å². The molecule has 2 rings (SSSR count). The first-order chi connectivity index (χ1) is 10.2. The van der Waals surface area contributed by atoms with Gasteiger partial charge in [0.25, 0.3) is 5.69 Å². The molecule has 1 atom stereocenters. The average Bonchev–Trinajstić information content (AvgIpc) is 2.53. The first-order valence-electron chi connectivity index (χ1n) is 7.13. The predicted octanol–water partition coefficient (Wildman–Crippen LogP) is 3.36. The van der Waals surface area contributed by atoms with E-state index in [2.05, 4.69) is 29.6 Å². The van der Waals surface area contributed by atoms with Gasteiger partial charge in [0.2, 0.25) is 0 Å². The molecule has 110 valence electrons. The third-order valence-corrected chi connectivity index (χ3v) is 3.66. The minimum absolute atomic E-state index is 0.143. The van der Waals surface area contributed by atoms with Crippen LogP contribution in [0, 0.1) is 10.1 Å². The fraction of sp³-hybridized carbons (Fsp3) is 0.294. The number of nitro benzene ring substituents is 1. The van der Waals surface area contributed by atoms with E-state index in [-0.39, 0.29) is 10.6 Å². The second-order valence-corrected chi connectivity index (χ2v) is 5.14. The molecule has 0 aromatic heterocycles. The van der Waals surface area contributed by atoms with E-state index in [1.165, 1.54) is 5.56 Å². The first-order valence-corrected chi connectivity index (χ1v) is 7.13. The molecule has 4 heteroatoms. The van der Waals surface area contributed by atoms with Crippen LogP contribution >= 0.6 is 0 Å². The summed E-state index contributed by atoms with van der Waals surface area (Å²) in [4.78, 5) is 10.3. The molecule has 2 aromatic rings. The van der Waals surface area contributed by atoms with Gasteiger partial charge in [0.15, 0.2) is 0 Å². The van der Waals surface area contributed by atoms with E-state index in [0.717, 1.165) is 24.8 Å². The molecule has 1 N–H and O–H groups in total. The van der Waals surface area contributed by atoms with Crippen LogP contribution in [0.15, 0.2) is 54.6 Å². The standard InChI is InChI=1S/C17H20N2O2/c1-18-16(10-7-14-5-3-2-4-6-14)13-15-8-11-17(12-9-15)19(20)21/h2-6,8-9,11-12,16,18H,7,10,13H2,1H3. The number of non-ortho nitro benzene ring substituents is 1. The predicted molar refractivity (Wildman–Crippen MR) is 84.4 cm³/mol. The lowest BCUT2D eigenvalue weighted by molar-refractivity contribution is -0.384. The molecule has 0 amide bonds. The highest BCUT2D eigenvalue weighted by atomic mass is 16.6. The molecule has 0 aliphatic heterocycles. The Morgan fingerprint density at radius 1 is 1.05 bits per heavy atom. The molecule has 0 heterocycles. The van der Waals surface area contributed by atoms with E-state index < -0.39 is 0 Å². The van der Waals surface area contributed by atoms with Crippen LogP contribution in [0.5, 0.6) is 0 Å². The van der Waals surface area contributed by atoms with Gasteiger partial charge >= 0.3 is 0 Å². The molecule has 0 bridgehead atoms. The Hall–Kier alpha value is -2.20. The summed E-state index contributed by atoms with van der Waals surface area (Å²) in [7, 11) is 1.96. The van der Waals surface area contributed by atoms with Crippen LogP contribution in [0.4, 0.5) is 5.69 Å². The highest BCUT2D eigenvalue weighted by Crippen LogP contribution is 2.15. The minimum atomic E-state index is -0.366. The summed E-state index contributed by atoms with van der Waals surface area (Å²) < 4.78 is 0. The fourth-order valence-corrected chi connectivity index (χ4v) is 2.37. The number of rotatable bonds is 7. The molecule has 0 radical (unpaired) electrons. The maximum Gasteiger partial charge on any atom is 0.269 e. The quantitative estimate of drug-likeness (QED) is 0.626. The van der Waals surface area contributed by atoms with E-state index in [1.54, 1.807) is 12.1 Å². The van der Waals surface area contributed by atoms with E-state index in [0.29, 0.717) is 6.04 Å². The Morgan fingerprint density at radius 2 is 1.71 bits per heavy atom. The summed E-state index contributed by atoms with van der Waals surface area (Å²) in [6.45, 7) is 0. The molecule has 0 saturated heterocycles. The summed E-state index contributed by atoms with van der Waals surface area (Å²) in [5.74, 6) is 0. The van der Waals surface area contributed by atoms with Crippen molar-refractivity contribution in [3.63, 3.8) is 0 Å². The normalized spacial score (nSPS) is 12.0. The largest absolute Gasteiger partial charge is 0.317 e. The fourth-order valence-electron chi connectivity index (χ4n) is 2.37. The van der Waals surface area contributed by atoms with Crippen molar-refractivity contribution in [3.8, 4) is 0 Å². The number of hydrogen-bond donors (Lipinski definition) is 1. The van der Waals surface area contributed by atoms with E-state index in [9.17, 15) is 10.1 Å². The molecule has 2 aromatic carbocycles. The molecule has 0 spiro atoms.